The molecule has 0 bridgehead atoms. The Bertz CT molecular complexity index is 577. The molecule has 0 radical (unpaired) electrons. The zero-order valence-corrected chi connectivity index (χ0v) is 12.5. The molecule has 1 aromatic rings. The molecule has 1 aromatic heterocycles. The van der Waals surface area contributed by atoms with Crippen LogP contribution in [-0.4, -0.2) is 26.8 Å². The van der Waals surface area contributed by atoms with Crippen molar-refractivity contribution in [2.45, 2.75) is 32.7 Å². The van der Waals surface area contributed by atoms with Gasteiger partial charge in [0.25, 0.3) is 0 Å². The van der Waals surface area contributed by atoms with Gasteiger partial charge in [-0.2, -0.15) is 5.10 Å². The van der Waals surface area contributed by atoms with E-state index >= 15 is 0 Å². The minimum Gasteiger partial charge on any atom is -0.481 e. The van der Waals surface area contributed by atoms with Crippen LogP contribution in [0.4, 0.5) is 0 Å². The number of aryl methyl sites for hydroxylation is 1. The maximum atomic E-state index is 12.4. The monoisotopic (exact) mass is 291 g/mol. The van der Waals surface area contributed by atoms with Crippen LogP contribution in [0.25, 0.3) is 0 Å². The van der Waals surface area contributed by atoms with Crippen LogP contribution in [0.3, 0.4) is 0 Å². The van der Waals surface area contributed by atoms with Crippen molar-refractivity contribution in [1.29, 1.82) is 0 Å². The number of aromatic nitrogens is 2. The molecule has 1 aliphatic rings. The highest BCUT2D eigenvalue weighted by atomic mass is 16.4. The molecule has 0 saturated heterocycles. The summed E-state index contributed by atoms with van der Waals surface area (Å²) in [5, 5.41) is 16.3. The van der Waals surface area contributed by atoms with E-state index in [2.05, 4.69) is 10.4 Å². The lowest BCUT2D eigenvalue weighted by atomic mass is 9.82. The van der Waals surface area contributed by atoms with Gasteiger partial charge in [-0.15, -0.1) is 0 Å². The molecule has 0 aliphatic heterocycles. The predicted molar refractivity (Wildman–Crippen MR) is 77.5 cm³/mol. The molecule has 1 heterocycles. The Hall–Kier alpha value is -2.11. The molecule has 0 fully saturated rings. The number of carboxylic acid groups (broad SMARTS) is 1. The van der Waals surface area contributed by atoms with Gasteiger partial charge in [-0.3, -0.25) is 14.3 Å². The Balaban J connectivity index is 2.08. The van der Waals surface area contributed by atoms with Gasteiger partial charge in [-0.25, -0.2) is 0 Å². The van der Waals surface area contributed by atoms with Gasteiger partial charge >= 0.3 is 5.97 Å². The van der Waals surface area contributed by atoms with Gasteiger partial charge in [0.2, 0.25) is 5.91 Å². The summed E-state index contributed by atoms with van der Waals surface area (Å²) in [6.45, 7) is 3.82. The second-order valence-electron chi connectivity index (χ2n) is 5.53. The van der Waals surface area contributed by atoms with Crippen LogP contribution in [0.2, 0.25) is 0 Å². The number of nitrogens with zero attached hydrogens (tertiary/aromatic N) is 2. The number of carbonyl (C=O) groups excluding carboxylic acids is 1. The van der Waals surface area contributed by atoms with Crippen LogP contribution >= 0.6 is 0 Å². The van der Waals surface area contributed by atoms with Gasteiger partial charge in [0.1, 0.15) is 0 Å². The number of carbonyl (C=O) groups is 2. The van der Waals surface area contributed by atoms with Crippen molar-refractivity contribution in [1.82, 2.24) is 15.1 Å². The maximum absolute atomic E-state index is 12.4. The second kappa shape index (κ2) is 6.11. The van der Waals surface area contributed by atoms with Gasteiger partial charge in [0, 0.05) is 18.3 Å². The Labute approximate surface area is 123 Å². The van der Waals surface area contributed by atoms with Crippen molar-refractivity contribution in [3.63, 3.8) is 0 Å². The molecular weight excluding hydrogens is 270 g/mol. The van der Waals surface area contributed by atoms with Gasteiger partial charge in [0.15, 0.2) is 0 Å². The van der Waals surface area contributed by atoms with E-state index in [1.807, 2.05) is 33.0 Å². The van der Waals surface area contributed by atoms with Crippen LogP contribution < -0.4 is 5.32 Å². The van der Waals surface area contributed by atoms with E-state index in [1.54, 1.807) is 10.9 Å². The van der Waals surface area contributed by atoms with E-state index in [-0.39, 0.29) is 11.9 Å². The molecule has 3 atom stereocenters. The van der Waals surface area contributed by atoms with Crippen molar-refractivity contribution >= 4 is 11.9 Å². The molecule has 6 nitrogen and oxygen atoms in total. The molecule has 6 heteroatoms. The Morgan fingerprint density at radius 1 is 1.38 bits per heavy atom. The van der Waals surface area contributed by atoms with E-state index in [0.717, 1.165) is 11.3 Å². The molecule has 2 rings (SSSR count). The highest BCUT2D eigenvalue weighted by molar-refractivity contribution is 5.85. The third-order valence-electron chi connectivity index (χ3n) is 4.18. The van der Waals surface area contributed by atoms with Gasteiger partial charge in [-0.05, 0) is 26.7 Å². The summed E-state index contributed by atoms with van der Waals surface area (Å²) in [7, 11) is 1.85. The predicted octanol–water partition coefficient (Wildman–Crippen LogP) is 1.57. The lowest BCUT2D eigenvalue weighted by Crippen LogP contribution is -2.39. The third kappa shape index (κ3) is 3.15. The topological polar surface area (TPSA) is 84.2 Å². The summed E-state index contributed by atoms with van der Waals surface area (Å²) in [5.74, 6) is -2.27. The van der Waals surface area contributed by atoms with Crippen molar-refractivity contribution < 1.29 is 14.7 Å². The van der Waals surface area contributed by atoms with Crippen LogP contribution in [-0.2, 0) is 16.6 Å². The van der Waals surface area contributed by atoms with E-state index in [1.165, 1.54) is 0 Å². The van der Waals surface area contributed by atoms with Crippen molar-refractivity contribution in [3.8, 4) is 0 Å². The standard InChI is InChI=1S/C15H21N3O3/c1-9(13-8-16-18(3)10(13)2)17-14(19)11-6-4-5-7-12(11)15(20)21/h4-5,8-9,11-12H,6-7H2,1-3H3,(H,17,19)(H,20,21)/t9-,11-,12-/m0/s1. The molecule has 0 aromatic carbocycles. The largest absolute Gasteiger partial charge is 0.481 e. The quantitative estimate of drug-likeness (QED) is 0.825. The van der Waals surface area contributed by atoms with Gasteiger partial charge < -0.3 is 10.4 Å². The number of hydrogen-bond acceptors (Lipinski definition) is 3. The van der Waals surface area contributed by atoms with Crippen molar-refractivity contribution in [3.05, 3.63) is 29.6 Å². The molecule has 0 spiro atoms. The summed E-state index contributed by atoms with van der Waals surface area (Å²) in [6, 6.07) is -0.188. The first-order chi connectivity index (χ1) is 9.91. The molecule has 2 N–H and O–H groups in total. The molecule has 21 heavy (non-hydrogen) atoms. The first-order valence-electron chi connectivity index (χ1n) is 7.08. The van der Waals surface area contributed by atoms with Crippen LogP contribution in [0, 0.1) is 18.8 Å². The first kappa shape index (κ1) is 15.3. The number of hydrogen-bond donors (Lipinski definition) is 2. The first-order valence-corrected chi connectivity index (χ1v) is 7.08. The third-order valence-corrected chi connectivity index (χ3v) is 4.18. The van der Waals surface area contributed by atoms with Crippen molar-refractivity contribution in [2.24, 2.45) is 18.9 Å². The summed E-state index contributed by atoms with van der Waals surface area (Å²) >= 11 is 0. The summed E-state index contributed by atoms with van der Waals surface area (Å²) < 4.78 is 1.75. The molecule has 0 saturated carbocycles. The van der Waals surface area contributed by atoms with Crippen molar-refractivity contribution in [2.75, 3.05) is 0 Å². The molecule has 114 valence electrons. The smallest absolute Gasteiger partial charge is 0.307 e. The van der Waals surface area contributed by atoms with E-state index in [0.29, 0.717) is 12.8 Å². The number of aliphatic carboxylic acids is 1. The summed E-state index contributed by atoms with van der Waals surface area (Å²) in [5.41, 5.74) is 1.94. The lowest BCUT2D eigenvalue weighted by molar-refractivity contribution is -0.147. The van der Waals surface area contributed by atoms with E-state index in [4.69, 9.17) is 0 Å². The fourth-order valence-electron chi connectivity index (χ4n) is 2.72. The maximum Gasteiger partial charge on any atom is 0.307 e. The fraction of sp³-hybridized carbons (Fsp3) is 0.533. The Kier molecular flexibility index (Phi) is 4.45. The number of amides is 1. The normalized spacial score (nSPS) is 22.8. The van der Waals surface area contributed by atoms with E-state index < -0.39 is 17.8 Å². The number of allylic oxidation sites excluding steroid dienone is 2. The van der Waals surface area contributed by atoms with Gasteiger partial charge in [0.05, 0.1) is 24.1 Å². The molecule has 0 unspecified atom stereocenters. The fourth-order valence-corrected chi connectivity index (χ4v) is 2.72. The average molecular weight is 291 g/mol. The summed E-state index contributed by atoms with van der Waals surface area (Å²) in [6.07, 6.45) is 6.33. The average Bonchev–Trinajstić information content (AvgIpc) is 2.79. The zero-order chi connectivity index (χ0) is 15.6. The van der Waals surface area contributed by atoms with Crippen LogP contribution in [0.5, 0.6) is 0 Å². The highest BCUT2D eigenvalue weighted by Gasteiger charge is 2.34. The molecule has 1 aliphatic carbocycles. The van der Waals surface area contributed by atoms with Crippen LogP contribution in [0.1, 0.15) is 37.1 Å². The minimum absolute atomic E-state index is 0.188. The minimum atomic E-state index is -0.912. The number of carboxylic acids is 1. The van der Waals surface area contributed by atoms with Gasteiger partial charge in [-0.1, -0.05) is 12.2 Å². The number of nitrogens with one attached hydrogen (secondary N) is 1. The zero-order valence-electron chi connectivity index (χ0n) is 12.5. The second-order valence-corrected chi connectivity index (χ2v) is 5.53. The Morgan fingerprint density at radius 3 is 2.52 bits per heavy atom. The molecular formula is C15H21N3O3. The molecule has 1 amide bonds. The van der Waals surface area contributed by atoms with Crippen LogP contribution in [0.15, 0.2) is 18.3 Å². The lowest BCUT2D eigenvalue weighted by Gasteiger charge is -2.26. The highest BCUT2D eigenvalue weighted by Crippen LogP contribution is 2.27. The Morgan fingerprint density at radius 2 is 2.00 bits per heavy atom. The SMILES string of the molecule is Cc1c([C@H](C)NC(=O)[C@H]2CC=CC[C@@H]2C(=O)O)cnn1C. The summed E-state index contributed by atoms with van der Waals surface area (Å²) in [4.78, 5) is 23.6. The van der Waals surface area contributed by atoms with E-state index in [9.17, 15) is 14.7 Å². The number of rotatable bonds is 4.